The number of ether oxygens (including phenoxy) is 1. The molecule has 4 heteroatoms. The van der Waals surface area contributed by atoms with Gasteiger partial charge in [0.05, 0.1) is 18.2 Å². The Bertz CT molecular complexity index is 712. The summed E-state index contributed by atoms with van der Waals surface area (Å²) in [6.45, 7) is 5.84. The van der Waals surface area contributed by atoms with Gasteiger partial charge in [0.2, 0.25) is 0 Å². The highest BCUT2D eigenvalue weighted by molar-refractivity contribution is 6.06. The van der Waals surface area contributed by atoms with E-state index >= 15 is 0 Å². The van der Waals surface area contributed by atoms with E-state index in [1.165, 1.54) is 0 Å². The first-order chi connectivity index (χ1) is 10.6. The van der Waals surface area contributed by atoms with Gasteiger partial charge in [-0.2, -0.15) is 0 Å². The lowest BCUT2D eigenvalue weighted by Crippen LogP contribution is -2.29. The molecule has 1 atom stereocenters. The first kappa shape index (κ1) is 14.8. The maximum Gasteiger partial charge on any atom is 0.254 e. The van der Waals surface area contributed by atoms with Crippen LogP contribution in [0.1, 0.15) is 35.8 Å². The van der Waals surface area contributed by atoms with Crippen molar-refractivity contribution in [3.05, 3.63) is 35.5 Å². The molecule has 1 aliphatic rings. The Balaban J connectivity index is 2.01. The molecule has 2 heterocycles. The second-order valence-electron chi connectivity index (χ2n) is 6.01. The van der Waals surface area contributed by atoms with Crippen LogP contribution in [0, 0.1) is 12.8 Å². The average molecular weight is 298 g/mol. The van der Waals surface area contributed by atoms with Gasteiger partial charge >= 0.3 is 0 Å². The molecule has 0 bridgehead atoms. The topological polar surface area (TPSA) is 42.4 Å². The summed E-state index contributed by atoms with van der Waals surface area (Å²) in [5, 5.41) is 0.899. The summed E-state index contributed by atoms with van der Waals surface area (Å²) in [5.41, 5.74) is 2.42. The molecule has 4 nitrogen and oxygen atoms in total. The van der Waals surface area contributed by atoms with Crippen molar-refractivity contribution in [1.82, 2.24) is 9.88 Å². The van der Waals surface area contributed by atoms with E-state index in [9.17, 15) is 4.79 Å². The van der Waals surface area contributed by atoms with Crippen LogP contribution < -0.4 is 4.74 Å². The van der Waals surface area contributed by atoms with Crippen LogP contribution in [0.15, 0.2) is 24.3 Å². The smallest absolute Gasteiger partial charge is 0.254 e. The number of hydrogen-bond donors (Lipinski definition) is 0. The first-order valence-corrected chi connectivity index (χ1v) is 7.87. The zero-order valence-corrected chi connectivity index (χ0v) is 13.4. The lowest BCUT2D eigenvalue weighted by atomic mass is 10.1. The van der Waals surface area contributed by atoms with Crippen molar-refractivity contribution >= 4 is 16.8 Å². The van der Waals surface area contributed by atoms with E-state index in [1.807, 2.05) is 36.1 Å². The van der Waals surface area contributed by atoms with E-state index in [-0.39, 0.29) is 5.91 Å². The number of carbonyl (C=O) groups excluding carboxylic acids is 1. The van der Waals surface area contributed by atoms with Gasteiger partial charge in [0.15, 0.2) is 0 Å². The number of aromatic nitrogens is 1. The highest BCUT2D eigenvalue weighted by Crippen LogP contribution is 2.27. The molecule has 1 saturated heterocycles. The number of likely N-dealkylation sites (tertiary alicyclic amines) is 1. The summed E-state index contributed by atoms with van der Waals surface area (Å²) in [6, 6.07) is 7.60. The number of hydrogen-bond acceptors (Lipinski definition) is 3. The largest absolute Gasteiger partial charge is 0.497 e. The molecule has 1 aromatic carbocycles. The fourth-order valence-corrected chi connectivity index (χ4v) is 3.17. The number of carbonyl (C=O) groups is 1. The molecular formula is C18H22N2O2. The zero-order valence-electron chi connectivity index (χ0n) is 13.4. The standard InChI is InChI=1S/C18H22N2O2/c1-4-13-7-8-20(11-13)18(21)16-9-12(2)19-17-10-14(22-3)5-6-15(16)17/h5-6,9-10,13H,4,7-8,11H2,1-3H3. The fourth-order valence-electron chi connectivity index (χ4n) is 3.17. The summed E-state index contributed by atoms with van der Waals surface area (Å²) in [5.74, 6) is 1.52. The van der Waals surface area contributed by atoms with Gasteiger partial charge in [-0.15, -0.1) is 0 Å². The molecule has 3 rings (SSSR count). The number of fused-ring (bicyclic) bond motifs is 1. The average Bonchev–Trinajstić information content (AvgIpc) is 3.01. The molecule has 0 saturated carbocycles. The summed E-state index contributed by atoms with van der Waals surface area (Å²) in [4.78, 5) is 19.4. The molecule has 1 fully saturated rings. The number of methoxy groups -OCH3 is 1. The zero-order chi connectivity index (χ0) is 15.7. The predicted molar refractivity (Wildman–Crippen MR) is 87.3 cm³/mol. The van der Waals surface area contributed by atoms with Crippen molar-refractivity contribution in [3.63, 3.8) is 0 Å². The summed E-state index contributed by atoms with van der Waals surface area (Å²) < 4.78 is 5.26. The normalized spacial score (nSPS) is 18.0. The van der Waals surface area contributed by atoms with Gasteiger partial charge in [0.1, 0.15) is 5.75 Å². The van der Waals surface area contributed by atoms with Gasteiger partial charge in [0.25, 0.3) is 5.91 Å². The van der Waals surface area contributed by atoms with Crippen molar-refractivity contribution in [3.8, 4) is 5.75 Å². The van der Waals surface area contributed by atoms with Crippen LogP contribution in [0.25, 0.3) is 10.9 Å². The molecule has 0 N–H and O–H groups in total. The maximum atomic E-state index is 12.9. The van der Waals surface area contributed by atoms with Crippen molar-refractivity contribution in [1.29, 1.82) is 0 Å². The Morgan fingerprint density at radius 1 is 1.41 bits per heavy atom. The van der Waals surface area contributed by atoms with Gasteiger partial charge in [-0.25, -0.2) is 0 Å². The van der Waals surface area contributed by atoms with Gasteiger partial charge in [-0.1, -0.05) is 13.3 Å². The number of rotatable bonds is 3. The van der Waals surface area contributed by atoms with Crippen molar-refractivity contribution in [2.24, 2.45) is 5.92 Å². The van der Waals surface area contributed by atoms with Crippen molar-refractivity contribution in [2.45, 2.75) is 26.7 Å². The number of nitrogens with zero attached hydrogens (tertiary/aromatic N) is 2. The monoisotopic (exact) mass is 298 g/mol. The molecule has 2 aromatic rings. The van der Waals surface area contributed by atoms with Crippen LogP contribution in [0.3, 0.4) is 0 Å². The Morgan fingerprint density at radius 2 is 2.23 bits per heavy atom. The third-order valence-corrected chi connectivity index (χ3v) is 4.53. The summed E-state index contributed by atoms with van der Waals surface area (Å²) in [7, 11) is 1.64. The molecule has 0 radical (unpaired) electrons. The number of aryl methyl sites for hydroxylation is 1. The Hall–Kier alpha value is -2.10. The van der Waals surface area contributed by atoms with E-state index in [2.05, 4.69) is 11.9 Å². The van der Waals surface area contributed by atoms with E-state index in [0.717, 1.165) is 53.8 Å². The molecule has 1 aromatic heterocycles. The minimum atomic E-state index is 0.122. The predicted octanol–water partition coefficient (Wildman–Crippen LogP) is 3.42. The van der Waals surface area contributed by atoms with Crippen LogP contribution in [-0.2, 0) is 0 Å². The van der Waals surface area contributed by atoms with Crippen LogP contribution in [-0.4, -0.2) is 36.0 Å². The fraction of sp³-hybridized carbons (Fsp3) is 0.444. The van der Waals surface area contributed by atoms with Gasteiger partial charge in [-0.3, -0.25) is 9.78 Å². The third-order valence-electron chi connectivity index (χ3n) is 4.53. The van der Waals surface area contributed by atoms with Crippen molar-refractivity contribution < 1.29 is 9.53 Å². The Morgan fingerprint density at radius 3 is 2.91 bits per heavy atom. The second kappa shape index (κ2) is 5.95. The Labute approximate surface area is 131 Å². The highest BCUT2D eigenvalue weighted by Gasteiger charge is 2.27. The van der Waals surface area contributed by atoms with E-state index in [0.29, 0.717) is 5.92 Å². The Kier molecular flexibility index (Phi) is 4.01. The lowest BCUT2D eigenvalue weighted by Gasteiger charge is -2.18. The second-order valence-corrected chi connectivity index (χ2v) is 6.01. The third kappa shape index (κ3) is 2.65. The van der Waals surface area contributed by atoms with Gasteiger partial charge in [-0.05, 0) is 37.5 Å². The quantitative estimate of drug-likeness (QED) is 0.872. The van der Waals surface area contributed by atoms with Crippen molar-refractivity contribution in [2.75, 3.05) is 20.2 Å². The van der Waals surface area contributed by atoms with E-state index < -0.39 is 0 Å². The lowest BCUT2D eigenvalue weighted by molar-refractivity contribution is 0.0788. The van der Waals surface area contributed by atoms with Gasteiger partial charge in [0, 0.05) is 30.2 Å². The summed E-state index contributed by atoms with van der Waals surface area (Å²) >= 11 is 0. The number of amides is 1. The SMILES string of the molecule is CCC1CCN(C(=O)c2cc(C)nc3cc(OC)ccc23)C1. The molecule has 1 unspecified atom stereocenters. The molecule has 22 heavy (non-hydrogen) atoms. The number of benzene rings is 1. The molecule has 0 aliphatic carbocycles. The molecular weight excluding hydrogens is 276 g/mol. The minimum absolute atomic E-state index is 0.122. The van der Waals surface area contributed by atoms with Crippen LogP contribution >= 0.6 is 0 Å². The summed E-state index contributed by atoms with van der Waals surface area (Å²) in [6.07, 6.45) is 2.25. The molecule has 0 spiro atoms. The molecule has 1 amide bonds. The van der Waals surface area contributed by atoms with E-state index in [4.69, 9.17) is 4.74 Å². The van der Waals surface area contributed by atoms with Crippen LogP contribution in [0.5, 0.6) is 5.75 Å². The first-order valence-electron chi connectivity index (χ1n) is 7.87. The van der Waals surface area contributed by atoms with Crippen LogP contribution in [0.4, 0.5) is 0 Å². The van der Waals surface area contributed by atoms with Crippen LogP contribution in [0.2, 0.25) is 0 Å². The van der Waals surface area contributed by atoms with Gasteiger partial charge < -0.3 is 9.64 Å². The number of pyridine rings is 1. The van der Waals surface area contributed by atoms with E-state index in [1.54, 1.807) is 7.11 Å². The molecule has 116 valence electrons. The molecule has 1 aliphatic heterocycles. The highest BCUT2D eigenvalue weighted by atomic mass is 16.5. The maximum absolute atomic E-state index is 12.9. The minimum Gasteiger partial charge on any atom is -0.497 e.